The number of rotatable bonds is 7. The Balaban J connectivity index is 4.41. The van der Waals surface area contributed by atoms with E-state index in [9.17, 15) is 9.36 Å². The van der Waals surface area contributed by atoms with Gasteiger partial charge in [0, 0.05) is 0 Å². The number of alkyl halides is 1. The molecule has 5 nitrogen and oxygen atoms in total. The maximum Gasteiger partial charge on any atom is 0.350 e. The van der Waals surface area contributed by atoms with Crippen molar-refractivity contribution in [3.05, 3.63) is 0 Å². The van der Waals surface area contributed by atoms with E-state index in [1.165, 1.54) is 0 Å². The van der Waals surface area contributed by atoms with Gasteiger partial charge in [-0.05, 0) is 27.7 Å². The molecule has 0 aliphatic rings. The minimum Gasteiger partial charge on any atom is -0.343 e. The third-order valence-corrected chi connectivity index (χ3v) is 3.61. The standard InChI is InChI=1S/C9H19ClNO4P/c1-7(2)14-16(13,15-8(3)4)6-11-9(12)5-10/h7-8H,5-6H2,1-4H3,(H,11,12). The molecular formula is C9H19ClNO4P. The summed E-state index contributed by atoms with van der Waals surface area (Å²) in [5.74, 6) is -0.579. The number of halogens is 1. The van der Waals surface area contributed by atoms with E-state index in [4.69, 9.17) is 20.6 Å². The van der Waals surface area contributed by atoms with Crippen LogP contribution in [0.3, 0.4) is 0 Å². The van der Waals surface area contributed by atoms with Crippen LogP contribution in [0.15, 0.2) is 0 Å². The van der Waals surface area contributed by atoms with Gasteiger partial charge in [-0.2, -0.15) is 0 Å². The lowest BCUT2D eigenvalue weighted by atomic mass is 10.5. The van der Waals surface area contributed by atoms with Gasteiger partial charge in [-0.25, -0.2) is 0 Å². The van der Waals surface area contributed by atoms with Crippen LogP contribution in [-0.4, -0.2) is 30.3 Å². The summed E-state index contributed by atoms with van der Waals surface area (Å²) in [5.41, 5.74) is 0. The van der Waals surface area contributed by atoms with Crippen molar-refractivity contribution in [3.8, 4) is 0 Å². The molecule has 0 aromatic rings. The molecule has 0 saturated heterocycles. The van der Waals surface area contributed by atoms with Crippen molar-refractivity contribution in [1.82, 2.24) is 5.32 Å². The number of hydrogen-bond acceptors (Lipinski definition) is 4. The van der Waals surface area contributed by atoms with E-state index in [0.717, 1.165) is 0 Å². The lowest BCUT2D eigenvalue weighted by molar-refractivity contribution is -0.118. The highest BCUT2D eigenvalue weighted by Crippen LogP contribution is 2.49. The molecule has 0 saturated carbocycles. The zero-order valence-corrected chi connectivity index (χ0v) is 11.7. The lowest BCUT2D eigenvalue weighted by Gasteiger charge is -2.22. The first kappa shape index (κ1) is 15.9. The van der Waals surface area contributed by atoms with Gasteiger partial charge in [-0.3, -0.25) is 9.36 Å². The van der Waals surface area contributed by atoms with Gasteiger partial charge >= 0.3 is 7.60 Å². The maximum absolute atomic E-state index is 12.2. The summed E-state index contributed by atoms with van der Waals surface area (Å²) in [5, 5.41) is 2.40. The number of amides is 1. The molecule has 0 heterocycles. The SMILES string of the molecule is CC(C)OP(=O)(CNC(=O)CCl)OC(C)C. The number of carbonyl (C=O) groups excluding carboxylic acids is 1. The average molecular weight is 272 g/mol. The van der Waals surface area contributed by atoms with E-state index in [1.54, 1.807) is 27.7 Å². The van der Waals surface area contributed by atoms with Crippen molar-refractivity contribution < 1.29 is 18.4 Å². The van der Waals surface area contributed by atoms with E-state index in [-0.39, 0.29) is 24.4 Å². The molecule has 7 heteroatoms. The smallest absolute Gasteiger partial charge is 0.343 e. The van der Waals surface area contributed by atoms with Gasteiger partial charge in [0.15, 0.2) is 0 Å². The largest absolute Gasteiger partial charge is 0.350 e. The summed E-state index contributed by atoms with van der Waals surface area (Å²) in [7, 11) is -3.29. The first-order valence-corrected chi connectivity index (χ1v) is 7.34. The Hall–Kier alpha value is -0.0900. The van der Waals surface area contributed by atoms with Gasteiger partial charge in [-0.15, -0.1) is 11.6 Å². The highest BCUT2D eigenvalue weighted by molar-refractivity contribution is 7.53. The number of hydrogen-bond donors (Lipinski definition) is 1. The van der Waals surface area contributed by atoms with E-state index in [0.29, 0.717) is 0 Å². The summed E-state index contributed by atoms with van der Waals surface area (Å²) < 4.78 is 22.6. The molecule has 0 rings (SSSR count). The van der Waals surface area contributed by atoms with Gasteiger partial charge in [0.1, 0.15) is 12.2 Å². The summed E-state index contributed by atoms with van der Waals surface area (Å²) in [6.07, 6.45) is -0.635. The molecule has 0 spiro atoms. The zero-order valence-electron chi connectivity index (χ0n) is 10.0. The average Bonchev–Trinajstić information content (AvgIpc) is 2.11. The van der Waals surface area contributed by atoms with Gasteiger partial charge < -0.3 is 14.4 Å². The second-order valence-corrected chi connectivity index (χ2v) is 6.04. The highest BCUT2D eigenvalue weighted by atomic mass is 35.5. The van der Waals surface area contributed by atoms with Crippen LogP contribution in [0.4, 0.5) is 0 Å². The van der Waals surface area contributed by atoms with Crippen LogP contribution in [0.5, 0.6) is 0 Å². The Morgan fingerprint density at radius 3 is 2.00 bits per heavy atom. The highest BCUT2D eigenvalue weighted by Gasteiger charge is 2.28. The second kappa shape index (κ2) is 7.28. The predicted molar refractivity (Wildman–Crippen MR) is 63.8 cm³/mol. The Bertz CT molecular complexity index is 256. The Kier molecular flexibility index (Phi) is 7.24. The van der Waals surface area contributed by atoms with Crippen molar-refractivity contribution >= 4 is 25.1 Å². The molecule has 0 aromatic heterocycles. The van der Waals surface area contributed by atoms with Gasteiger partial charge in [0.05, 0.1) is 12.2 Å². The molecular weight excluding hydrogens is 253 g/mol. The van der Waals surface area contributed by atoms with Gasteiger partial charge in [-0.1, -0.05) is 0 Å². The molecule has 0 unspecified atom stereocenters. The molecule has 0 aliphatic heterocycles. The Labute approximate surface area is 101 Å². The molecule has 0 bridgehead atoms. The molecule has 0 atom stereocenters. The fourth-order valence-corrected chi connectivity index (χ4v) is 2.92. The molecule has 0 aromatic carbocycles. The van der Waals surface area contributed by atoms with Gasteiger partial charge in [0.25, 0.3) is 0 Å². The van der Waals surface area contributed by atoms with Crippen molar-refractivity contribution in [2.45, 2.75) is 39.9 Å². The maximum atomic E-state index is 12.2. The van der Waals surface area contributed by atoms with Crippen molar-refractivity contribution in [3.63, 3.8) is 0 Å². The Morgan fingerprint density at radius 2 is 1.69 bits per heavy atom. The third kappa shape index (κ3) is 7.23. The molecule has 0 aliphatic carbocycles. The van der Waals surface area contributed by atoms with E-state index in [2.05, 4.69) is 5.32 Å². The fourth-order valence-electron chi connectivity index (χ4n) is 0.974. The molecule has 1 N–H and O–H groups in total. The minimum absolute atomic E-state index is 0.158. The van der Waals surface area contributed by atoms with Crippen LogP contribution < -0.4 is 5.32 Å². The fraction of sp³-hybridized carbons (Fsp3) is 0.889. The minimum atomic E-state index is -3.29. The van der Waals surface area contributed by atoms with E-state index in [1.807, 2.05) is 0 Å². The van der Waals surface area contributed by atoms with Crippen LogP contribution in [-0.2, 0) is 18.4 Å². The van der Waals surface area contributed by atoms with E-state index >= 15 is 0 Å². The first-order valence-electron chi connectivity index (χ1n) is 5.07. The monoisotopic (exact) mass is 271 g/mol. The van der Waals surface area contributed by atoms with Crippen LogP contribution in [0.1, 0.15) is 27.7 Å². The Morgan fingerprint density at radius 1 is 1.25 bits per heavy atom. The zero-order chi connectivity index (χ0) is 12.8. The number of nitrogens with one attached hydrogen (secondary N) is 1. The summed E-state index contributed by atoms with van der Waals surface area (Å²) in [6.45, 7) is 7.00. The third-order valence-electron chi connectivity index (χ3n) is 1.33. The van der Waals surface area contributed by atoms with Gasteiger partial charge in [0.2, 0.25) is 5.91 Å². The molecule has 0 radical (unpaired) electrons. The first-order chi connectivity index (χ1) is 7.29. The van der Waals surface area contributed by atoms with Crippen LogP contribution >= 0.6 is 19.2 Å². The normalized spacial score (nSPS) is 12.2. The predicted octanol–water partition coefficient (Wildman–Crippen LogP) is 2.34. The topological polar surface area (TPSA) is 64.6 Å². The number of carbonyl (C=O) groups is 1. The summed E-state index contributed by atoms with van der Waals surface area (Å²) in [4.78, 5) is 11.0. The molecule has 16 heavy (non-hydrogen) atoms. The van der Waals surface area contributed by atoms with Crippen LogP contribution in [0.25, 0.3) is 0 Å². The molecule has 0 fully saturated rings. The summed E-state index contributed by atoms with van der Waals surface area (Å²) >= 11 is 5.31. The molecule has 96 valence electrons. The quantitative estimate of drug-likeness (QED) is 0.570. The van der Waals surface area contributed by atoms with Crippen molar-refractivity contribution in [2.75, 3.05) is 12.2 Å². The summed E-state index contributed by atoms with van der Waals surface area (Å²) in [6, 6.07) is 0. The van der Waals surface area contributed by atoms with Crippen molar-refractivity contribution in [1.29, 1.82) is 0 Å². The second-order valence-electron chi connectivity index (χ2n) is 3.81. The molecule has 1 amide bonds. The van der Waals surface area contributed by atoms with Crippen LogP contribution in [0, 0.1) is 0 Å². The van der Waals surface area contributed by atoms with Crippen LogP contribution in [0.2, 0.25) is 0 Å². The lowest BCUT2D eigenvalue weighted by Crippen LogP contribution is -2.27. The van der Waals surface area contributed by atoms with E-state index < -0.39 is 13.5 Å². The van der Waals surface area contributed by atoms with Crippen molar-refractivity contribution in [2.24, 2.45) is 0 Å².